The van der Waals surface area contributed by atoms with Gasteiger partial charge in [-0.2, -0.15) is 4.98 Å². The summed E-state index contributed by atoms with van der Waals surface area (Å²) in [5.41, 5.74) is 0.115. The topological polar surface area (TPSA) is 66.9 Å². The number of carbonyl (C=O) groups excluding carboxylic acids is 1. The Morgan fingerprint density at radius 2 is 1.87 bits per heavy atom. The molecule has 2 rings (SSSR count). The van der Waals surface area contributed by atoms with Gasteiger partial charge in [-0.15, -0.1) is 0 Å². The van der Waals surface area contributed by atoms with Crippen molar-refractivity contribution >= 4 is 40.6 Å². The van der Waals surface area contributed by atoms with Gasteiger partial charge < -0.3 is 10.6 Å². The summed E-state index contributed by atoms with van der Waals surface area (Å²) in [5, 5.41) is 4.33. The zero-order valence-corrected chi connectivity index (χ0v) is 12.7. The van der Waals surface area contributed by atoms with E-state index in [2.05, 4.69) is 15.3 Å². The summed E-state index contributed by atoms with van der Waals surface area (Å²) < 4.78 is 37.4. The van der Waals surface area contributed by atoms with Crippen LogP contribution in [0, 0.1) is 0 Å². The fraction of sp³-hybridized carbons (Fsp3) is 0.154. The fourth-order valence-electron chi connectivity index (χ4n) is 1.62. The molecule has 1 aromatic carbocycles. The Kier molecular flexibility index (Phi) is 5.62. The number of hydrogen-bond donors (Lipinski definition) is 2. The molecule has 0 aliphatic heterocycles. The average molecular weight is 365 g/mol. The number of halogens is 5. The third-order valence-electron chi connectivity index (χ3n) is 2.63. The van der Waals surface area contributed by atoms with Gasteiger partial charge in [0.05, 0.1) is 17.4 Å². The molecule has 122 valence electrons. The van der Waals surface area contributed by atoms with Gasteiger partial charge in [-0.25, -0.2) is 18.2 Å². The van der Waals surface area contributed by atoms with Crippen LogP contribution in [0.5, 0.6) is 0 Å². The second-order valence-corrected chi connectivity index (χ2v) is 4.96. The Labute approximate surface area is 138 Å². The molecule has 0 radical (unpaired) electrons. The summed E-state index contributed by atoms with van der Waals surface area (Å²) >= 11 is 11.6. The van der Waals surface area contributed by atoms with Crippen molar-refractivity contribution in [3.63, 3.8) is 0 Å². The number of carbonyl (C=O) groups is 1. The number of alkyl halides is 3. The van der Waals surface area contributed by atoms with Gasteiger partial charge in [-0.3, -0.25) is 4.79 Å². The fourth-order valence-corrected chi connectivity index (χ4v) is 1.89. The van der Waals surface area contributed by atoms with E-state index in [1.807, 2.05) is 0 Å². The largest absolute Gasteiger partial charge is 0.338 e. The monoisotopic (exact) mass is 364 g/mol. The summed E-state index contributed by atoms with van der Waals surface area (Å²) in [5.74, 6) is -0.908. The highest BCUT2D eigenvalue weighted by molar-refractivity contribution is 6.33. The molecule has 0 fully saturated rings. The molecule has 0 spiro atoms. The molecule has 1 atom stereocenters. The van der Waals surface area contributed by atoms with Gasteiger partial charge >= 0.3 is 0 Å². The van der Waals surface area contributed by atoms with Gasteiger partial charge in [0.2, 0.25) is 11.6 Å². The first kappa shape index (κ1) is 17.3. The Bertz CT molecular complexity index is 717. The van der Waals surface area contributed by atoms with Crippen molar-refractivity contribution in [1.29, 1.82) is 0 Å². The van der Waals surface area contributed by atoms with Crippen LogP contribution in [0.3, 0.4) is 0 Å². The molecule has 0 aliphatic rings. The van der Waals surface area contributed by atoms with Crippen LogP contribution in [-0.2, 0) is 0 Å². The van der Waals surface area contributed by atoms with E-state index >= 15 is 0 Å². The van der Waals surface area contributed by atoms with Gasteiger partial charge in [-0.05, 0) is 23.7 Å². The van der Waals surface area contributed by atoms with Crippen LogP contribution in [-0.4, -0.2) is 28.6 Å². The highest BCUT2D eigenvalue weighted by Crippen LogP contribution is 2.26. The van der Waals surface area contributed by atoms with Crippen molar-refractivity contribution in [3.8, 4) is 0 Å². The number of aromatic nitrogens is 2. The van der Waals surface area contributed by atoms with E-state index in [-0.39, 0.29) is 27.4 Å². The minimum absolute atomic E-state index is 0.0680. The first-order chi connectivity index (χ1) is 10.9. The van der Waals surface area contributed by atoms with E-state index in [0.29, 0.717) is 0 Å². The van der Waals surface area contributed by atoms with Gasteiger partial charge in [0.15, 0.2) is 5.82 Å². The molecule has 1 amide bonds. The average Bonchev–Trinajstić information content (AvgIpc) is 2.51. The number of hydrogen-bond acceptors (Lipinski definition) is 4. The molecule has 0 saturated carbocycles. The third kappa shape index (κ3) is 4.46. The molecular formula is C13H9Cl2F3N4O. The maximum absolute atomic E-state index is 13.0. The molecule has 5 nitrogen and oxygen atoms in total. The summed E-state index contributed by atoms with van der Waals surface area (Å²) in [6.45, 7) is 0. The van der Waals surface area contributed by atoms with Crippen LogP contribution in [0.1, 0.15) is 10.4 Å². The number of amides is 1. The highest BCUT2D eigenvalue weighted by Gasteiger charge is 2.23. The molecule has 2 aromatic rings. The van der Waals surface area contributed by atoms with E-state index in [1.54, 1.807) is 11.4 Å². The maximum Gasteiger partial charge on any atom is 0.287 e. The van der Waals surface area contributed by atoms with E-state index in [1.165, 1.54) is 24.4 Å². The Morgan fingerprint density at radius 3 is 2.57 bits per heavy atom. The second-order valence-electron chi connectivity index (χ2n) is 4.22. The van der Waals surface area contributed by atoms with E-state index in [9.17, 15) is 18.0 Å². The third-order valence-corrected chi connectivity index (χ3v) is 3.09. The molecule has 2 N–H and O–H groups in total. The number of anilines is 2. The van der Waals surface area contributed by atoms with Gasteiger partial charge in [0, 0.05) is 0 Å². The smallest absolute Gasteiger partial charge is 0.287 e. The lowest BCUT2D eigenvalue weighted by molar-refractivity contribution is 0.0287. The second kappa shape index (κ2) is 7.47. The number of nitrogens with one attached hydrogen (secondary N) is 2. The van der Waals surface area contributed by atoms with Gasteiger partial charge in [0.1, 0.15) is 5.02 Å². The summed E-state index contributed by atoms with van der Waals surface area (Å²) in [7, 11) is 0. The number of rotatable bonds is 5. The number of para-hydroxylation sites is 1. The highest BCUT2D eigenvalue weighted by atomic mass is 35.5. The Hall–Kier alpha value is -2.06. The van der Waals surface area contributed by atoms with Crippen molar-refractivity contribution < 1.29 is 18.0 Å². The SMILES string of the molecule is O=C(NC(F)C(F)F)c1ccccc1Nc1nc(Cl)ncc1Cl. The lowest BCUT2D eigenvalue weighted by atomic mass is 10.1. The lowest BCUT2D eigenvalue weighted by Crippen LogP contribution is -2.36. The van der Waals surface area contributed by atoms with E-state index in [4.69, 9.17) is 23.2 Å². The quantitative estimate of drug-likeness (QED) is 0.625. The predicted octanol–water partition coefficient (Wildman–Crippen LogP) is 3.82. The molecule has 1 unspecified atom stereocenters. The minimum Gasteiger partial charge on any atom is -0.338 e. The van der Waals surface area contributed by atoms with E-state index < -0.39 is 18.6 Å². The zero-order chi connectivity index (χ0) is 17.0. The molecule has 0 saturated heterocycles. The van der Waals surface area contributed by atoms with Crippen LogP contribution in [0.4, 0.5) is 24.7 Å². The lowest BCUT2D eigenvalue weighted by Gasteiger charge is -2.14. The first-order valence-corrected chi connectivity index (χ1v) is 6.91. The number of benzene rings is 1. The zero-order valence-electron chi connectivity index (χ0n) is 11.2. The van der Waals surface area contributed by atoms with Crippen LogP contribution < -0.4 is 10.6 Å². The summed E-state index contributed by atoms with van der Waals surface area (Å²) in [6, 6.07) is 5.86. The first-order valence-electron chi connectivity index (χ1n) is 6.15. The molecule has 1 heterocycles. The summed E-state index contributed by atoms with van der Waals surface area (Å²) in [6.07, 6.45) is -4.85. The molecule has 0 aliphatic carbocycles. The van der Waals surface area contributed by atoms with Gasteiger partial charge in [-0.1, -0.05) is 23.7 Å². The van der Waals surface area contributed by atoms with Crippen molar-refractivity contribution in [2.45, 2.75) is 12.7 Å². The Morgan fingerprint density at radius 1 is 1.17 bits per heavy atom. The van der Waals surface area contributed by atoms with Crippen LogP contribution >= 0.6 is 23.2 Å². The standard InChI is InChI=1S/C13H9Cl2F3N4O/c14-7-5-19-13(15)22-11(7)20-8-4-2-1-3-6(8)12(23)21-10(18)9(16)17/h1-5,9-10H,(H,21,23)(H,19,20,22). The molecule has 23 heavy (non-hydrogen) atoms. The normalized spacial score (nSPS) is 12.1. The van der Waals surface area contributed by atoms with Crippen LogP contribution in [0.25, 0.3) is 0 Å². The van der Waals surface area contributed by atoms with Crippen molar-refractivity contribution in [1.82, 2.24) is 15.3 Å². The molecular weight excluding hydrogens is 356 g/mol. The van der Waals surface area contributed by atoms with E-state index in [0.717, 1.165) is 0 Å². The minimum atomic E-state index is -3.32. The van der Waals surface area contributed by atoms with Crippen LogP contribution in [0.2, 0.25) is 10.3 Å². The predicted molar refractivity (Wildman–Crippen MR) is 80.1 cm³/mol. The maximum atomic E-state index is 13.0. The number of nitrogens with zero attached hydrogens (tertiary/aromatic N) is 2. The summed E-state index contributed by atoms with van der Waals surface area (Å²) in [4.78, 5) is 19.4. The molecule has 10 heteroatoms. The van der Waals surface area contributed by atoms with Gasteiger partial charge in [0.25, 0.3) is 12.3 Å². The van der Waals surface area contributed by atoms with Crippen molar-refractivity contribution in [2.75, 3.05) is 5.32 Å². The molecule has 1 aromatic heterocycles. The Balaban J connectivity index is 2.27. The van der Waals surface area contributed by atoms with Crippen molar-refractivity contribution in [3.05, 3.63) is 46.3 Å². The van der Waals surface area contributed by atoms with Crippen molar-refractivity contribution in [2.24, 2.45) is 0 Å². The van der Waals surface area contributed by atoms with Crippen LogP contribution in [0.15, 0.2) is 30.5 Å². The molecule has 0 bridgehead atoms.